The van der Waals surface area contributed by atoms with Gasteiger partial charge in [0.2, 0.25) is 10.0 Å². The summed E-state index contributed by atoms with van der Waals surface area (Å²) in [5.41, 5.74) is 0. The second-order valence-electron chi connectivity index (χ2n) is 4.11. The van der Waals surface area contributed by atoms with Crippen LogP contribution in [0.15, 0.2) is 23.1 Å². The predicted octanol–water partition coefficient (Wildman–Crippen LogP) is 3.54. The molecule has 0 unspecified atom stereocenters. The van der Waals surface area contributed by atoms with Crippen LogP contribution in [0.4, 0.5) is 0 Å². The maximum atomic E-state index is 12.5. The molecule has 0 radical (unpaired) electrons. The van der Waals surface area contributed by atoms with Crippen LogP contribution in [0.2, 0.25) is 10.0 Å². The van der Waals surface area contributed by atoms with Gasteiger partial charge >= 0.3 is 0 Å². The van der Waals surface area contributed by atoms with Crippen molar-refractivity contribution in [1.29, 1.82) is 0 Å². The summed E-state index contributed by atoms with van der Waals surface area (Å²) in [5, 5.41) is 1.17. The van der Waals surface area contributed by atoms with Crippen LogP contribution in [0.1, 0.15) is 12.8 Å². The first kappa shape index (κ1) is 14.6. The number of halogens is 3. The van der Waals surface area contributed by atoms with Crippen LogP contribution >= 0.6 is 39.1 Å². The topological polar surface area (TPSA) is 37.4 Å². The minimum Gasteiger partial charge on any atom is -0.207 e. The van der Waals surface area contributed by atoms with Gasteiger partial charge in [0, 0.05) is 22.9 Å². The summed E-state index contributed by atoms with van der Waals surface area (Å²) >= 11 is 15.1. The van der Waals surface area contributed by atoms with Crippen LogP contribution in [0.3, 0.4) is 0 Å². The molecular formula is C11H12BrCl2NO2S. The fourth-order valence-corrected chi connectivity index (χ4v) is 4.79. The molecule has 1 saturated carbocycles. The van der Waals surface area contributed by atoms with Crippen molar-refractivity contribution in [3.05, 3.63) is 28.2 Å². The van der Waals surface area contributed by atoms with Crippen LogP contribution in [0.5, 0.6) is 0 Å². The Labute approximate surface area is 125 Å². The van der Waals surface area contributed by atoms with Crippen LogP contribution in [-0.4, -0.2) is 30.6 Å². The first-order valence-electron chi connectivity index (χ1n) is 5.49. The molecule has 0 spiro atoms. The largest absolute Gasteiger partial charge is 0.244 e. The Morgan fingerprint density at radius 1 is 1.33 bits per heavy atom. The fraction of sp³-hybridized carbons (Fsp3) is 0.455. The van der Waals surface area contributed by atoms with Crippen molar-refractivity contribution in [2.45, 2.75) is 23.8 Å². The van der Waals surface area contributed by atoms with Gasteiger partial charge in [0.05, 0.1) is 5.02 Å². The number of alkyl halides is 1. The molecule has 0 amide bonds. The van der Waals surface area contributed by atoms with Crippen LogP contribution < -0.4 is 0 Å². The van der Waals surface area contributed by atoms with E-state index in [9.17, 15) is 8.42 Å². The van der Waals surface area contributed by atoms with Gasteiger partial charge in [-0.1, -0.05) is 39.1 Å². The van der Waals surface area contributed by atoms with Crippen molar-refractivity contribution in [3.63, 3.8) is 0 Å². The molecular weight excluding hydrogens is 361 g/mol. The normalized spacial score (nSPS) is 16.2. The number of benzene rings is 1. The zero-order valence-electron chi connectivity index (χ0n) is 9.44. The predicted molar refractivity (Wildman–Crippen MR) is 77.2 cm³/mol. The number of nitrogens with zero attached hydrogens (tertiary/aromatic N) is 1. The summed E-state index contributed by atoms with van der Waals surface area (Å²) in [4.78, 5) is 0.0875. The Morgan fingerprint density at radius 2 is 2.00 bits per heavy atom. The lowest BCUT2D eigenvalue weighted by Crippen LogP contribution is -2.34. The molecule has 1 fully saturated rings. The van der Waals surface area contributed by atoms with Crippen LogP contribution in [0.25, 0.3) is 0 Å². The van der Waals surface area contributed by atoms with Gasteiger partial charge in [0.25, 0.3) is 0 Å². The molecule has 7 heteroatoms. The Balaban J connectivity index is 2.42. The summed E-state index contributed by atoms with van der Waals surface area (Å²) < 4.78 is 26.6. The molecule has 1 aromatic carbocycles. The lowest BCUT2D eigenvalue weighted by Gasteiger charge is -2.21. The van der Waals surface area contributed by atoms with E-state index in [0.717, 1.165) is 12.8 Å². The molecule has 0 N–H and O–H groups in total. The van der Waals surface area contributed by atoms with Crippen molar-refractivity contribution in [2.75, 3.05) is 11.9 Å². The Bertz CT molecular complexity index is 546. The van der Waals surface area contributed by atoms with E-state index in [1.807, 2.05) is 0 Å². The van der Waals surface area contributed by atoms with E-state index >= 15 is 0 Å². The van der Waals surface area contributed by atoms with Crippen molar-refractivity contribution >= 4 is 49.2 Å². The van der Waals surface area contributed by atoms with Gasteiger partial charge in [-0.05, 0) is 31.0 Å². The Morgan fingerprint density at radius 3 is 2.56 bits per heavy atom. The first-order valence-corrected chi connectivity index (χ1v) is 8.81. The highest BCUT2D eigenvalue weighted by atomic mass is 79.9. The summed E-state index contributed by atoms with van der Waals surface area (Å²) in [6.07, 6.45) is 1.81. The van der Waals surface area contributed by atoms with E-state index in [4.69, 9.17) is 23.2 Å². The summed E-state index contributed by atoms with van der Waals surface area (Å²) in [7, 11) is -3.57. The molecule has 0 heterocycles. The molecule has 3 nitrogen and oxygen atoms in total. The molecule has 1 aromatic rings. The van der Waals surface area contributed by atoms with Gasteiger partial charge in [-0.2, -0.15) is 4.31 Å². The summed E-state index contributed by atoms with van der Waals surface area (Å²) in [5.74, 6) is 0. The van der Waals surface area contributed by atoms with E-state index in [0.29, 0.717) is 16.9 Å². The summed E-state index contributed by atoms with van der Waals surface area (Å²) in [6.45, 7) is 0.440. The third kappa shape index (κ3) is 3.02. The molecule has 1 aliphatic rings. The maximum absolute atomic E-state index is 12.5. The van der Waals surface area contributed by atoms with Gasteiger partial charge in [0.1, 0.15) is 4.90 Å². The average molecular weight is 373 g/mol. The van der Waals surface area contributed by atoms with E-state index in [-0.39, 0.29) is 16.0 Å². The molecule has 18 heavy (non-hydrogen) atoms. The van der Waals surface area contributed by atoms with E-state index in [1.165, 1.54) is 16.4 Å². The second kappa shape index (κ2) is 5.67. The molecule has 100 valence electrons. The van der Waals surface area contributed by atoms with E-state index in [1.54, 1.807) is 6.07 Å². The summed E-state index contributed by atoms with van der Waals surface area (Å²) in [6, 6.07) is 4.59. The zero-order valence-corrected chi connectivity index (χ0v) is 13.4. The van der Waals surface area contributed by atoms with Gasteiger partial charge in [-0.3, -0.25) is 0 Å². The van der Waals surface area contributed by atoms with E-state index < -0.39 is 10.0 Å². The average Bonchev–Trinajstić information content (AvgIpc) is 3.13. The molecule has 0 saturated heterocycles. The highest BCUT2D eigenvalue weighted by Gasteiger charge is 2.38. The van der Waals surface area contributed by atoms with Gasteiger partial charge in [-0.25, -0.2) is 8.42 Å². The fourth-order valence-electron chi connectivity index (χ4n) is 1.75. The minimum absolute atomic E-state index is 0.0875. The lowest BCUT2D eigenvalue weighted by molar-refractivity contribution is 0.424. The van der Waals surface area contributed by atoms with E-state index in [2.05, 4.69) is 15.9 Å². The molecule has 1 aliphatic carbocycles. The van der Waals surface area contributed by atoms with Crippen molar-refractivity contribution in [3.8, 4) is 0 Å². The SMILES string of the molecule is O=S(=O)(c1cc(Cl)ccc1Cl)N(CCBr)C1CC1. The van der Waals surface area contributed by atoms with Gasteiger partial charge < -0.3 is 0 Å². The number of hydrogen-bond donors (Lipinski definition) is 0. The maximum Gasteiger partial charge on any atom is 0.244 e. The van der Waals surface area contributed by atoms with Crippen molar-refractivity contribution < 1.29 is 8.42 Å². The molecule has 0 aliphatic heterocycles. The second-order valence-corrected chi connectivity index (χ2v) is 7.61. The molecule has 0 atom stereocenters. The first-order chi connectivity index (χ1) is 8.46. The van der Waals surface area contributed by atoms with Crippen molar-refractivity contribution in [1.82, 2.24) is 4.31 Å². The van der Waals surface area contributed by atoms with Gasteiger partial charge in [0.15, 0.2) is 0 Å². The minimum atomic E-state index is -3.57. The van der Waals surface area contributed by atoms with Crippen LogP contribution in [0, 0.1) is 0 Å². The number of hydrogen-bond acceptors (Lipinski definition) is 2. The van der Waals surface area contributed by atoms with Crippen LogP contribution in [-0.2, 0) is 10.0 Å². The number of sulfonamides is 1. The standard InChI is InChI=1S/C11H12BrCl2NO2S/c12-5-6-15(9-2-3-9)18(16,17)11-7-8(13)1-4-10(11)14/h1,4,7,9H,2-3,5-6H2. The molecule has 0 aromatic heterocycles. The number of rotatable bonds is 5. The third-order valence-electron chi connectivity index (χ3n) is 2.74. The smallest absolute Gasteiger partial charge is 0.207 e. The Hall–Kier alpha value is 0.190. The highest BCUT2D eigenvalue weighted by molar-refractivity contribution is 9.09. The monoisotopic (exact) mass is 371 g/mol. The Kier molecular flexibility index (Phi) is 4.60. The zero-order chi connectivity index (χ0) is 13.3. The van der Waals surface area contributed by atoms with Crippen molar-refractivity contribution in [2.24, 2.45) is 0 Å². The molecule has 2 rings (SSSR count). The van der Waals surface area contributed by atoms with Gasteiger partial charge in [-0.15, -0.1) is 0 Å². The quantitative estimate of drug-likeness (QED) is 0.741. The molecule has 0 bridgehead atoms. The lowest BCUT2D eigenvalue weighted by atomic mass is 10.4. The third-order valence-corrected chi connectivity index (χ3v) is 5.76. The highest BCUT2D eigenvalue weighted by Crippen LogP contribution is 2.35.